The molecule has 0 bridgehead atoms. The van der Waals surface area contributed by atoms with Crippen molar-refractivity contribution in [3.8, 4) is 5.75 Å². The molecule has 1 unspecified atom stereocenters. The Labute approximate surface area is 170 Å². The van der Waals surface area contributed by atoms with Crippen molar-refractivity contribution in [3.05, 3.63) is 95.6 Å². The van der Waals surface area contributed by atoms with Gasteiger partial charge in [0.1, 0.15) is 5.75 Å². The molecule has 3 aromatic carbocycles. The van der Waals surface area contributed by atoms with Crippen LogP contribution in [0.15, 0.2) is 78.9 Å². The molecule has 3 aromatic rings. The Hall–Kier alpha value is -3.60. The Morgan fingerprint density at radius 3 is 2.14 bits per heavy atom. The van der Waals surface area contributed by atoms with E-state index in [1.165, 1.54) is 12.1 Å². The summed E-state index contributed by atoms with van der Waals surface area (Å²) in [6.07, 6.45) is 0.244. The van der Waals surface area contributed by atoms with Gasteiger partial charge >= 0.3 is 5.97 Å². The summed E-state index contributed by atoms with van der Waals surface area (Å²) in [5.74, 6) is -0.267. The molecule has 0 heterocycles. The van der Waals surface area contributed by atoms with Crippen LogP contribution >= 0.6 is 0 Å². The molecule has 0 fully saturated rings. The molecule has 0 aliphatic rings. The monoisotopic (exact) mass is 389 g/mol. The fraction of sp³-hybridized carbons (Fsp3) is 0.167. The number of aromatic hydroxyl groups is 1. The Kier molecular flexibility index (Phi) is 6.63. The number of benzene rings is 3. The first kappa shape index (κ1) is 20.1. The summed E-state index contributed by atoms with van der Waals surface area (Å²) in [5, 5.41) is 12.8. The maximum atomic E-state index is 12.8. The highest BCUT2D eigenvalue weighted by molar-refractivity contribution is 5.96. The number of esters is 1. The first-order valence-electron chi connectivity index (χ1n) is 9.47. The number of hydrogen-bond donors (Lipinski definition) is 2. The van der Waals surface area contributed by atoms with E-state index in [-0.39, 0.29) is 30.0 Å². The SMILES string of the molecule is CCOC(=O)c1ccc(NC(CC(=O)c2ccc(O)cc2)c2ccccc2)cc1. The second kappa shape index (κ2) is 9.55. The van der Waals surface area contributed by atoms with Gasteiger partial charge in [0, 0.05) is 17.7 Å². The van der Waals surface area contributed by atoms with Gasteiger partial charge in [0.2, 0.25) is 0 Å². The average molecular weight is 389 g/mol. The van der Waals surface area contributed by atoms with Crippen molar-refractivity contribution in [1.82, 2.24) is 0 Å². The van der Waals surface area contributed by atoms with Crippen molar-refractivity contribution in [1.29, 1.82) is 0 Å². The van der Waals surface area contributed by atoms with E-state index < -0.39 is 0 Å². The predicted octanol–water partition coefficient (Wildman–Crippen LogP) is 5.00. The van der Waals surface area contributed by atoms with Crippen LogP contribution in [0.1, 0.15) is 45.7 Å². The minimum Gasteiger partial charge on any atom is -0.508 e. The molecule has 29 heavy (non-hydrogen) atoms. The zero-order valence-corrected chi connectivity index (χ0v) is 16.2. The quantitative estimate of drug-likeness (QED) is 0.419. The van der Waals surface area contributed by atoms with Crippen molar-refractivity contribution in [2.75, 3.05) is 11.9 Å². The number of carbonyl (C=O) groups excluding carboxylic acids is 2. The lowest BCUT2D eigenvalue weighted by atomic mass is 9.97. The van der Waals surface area contributed by atoms with E-state index >= 15 is 0 Å². The summed E-state index contributed by atoms with van der Waals surface area (Å²) >= 11 is 0. The summed E-state index contributed by atoms with van der Waals surface area (Å²) in [7, 11) is 0. The van der Waals surface area contributed by atoms with E-state index in [2.05, 4.69) is 5.32 Å². The van der Waals surface area contributed by atoms with Gasteiger partial charge in [-0.3, -0.25) is 4.79 Å². The van der Waals surface area contributed by atoms with Gasteiger partial charge in [0.15, 0.2) is 5.78 Å². The maximum absolute atomic E-state index is 12.8. The van der Waals surface area contributed by atoms with E-state index in [1.54, 1.807) is 43.3 Å². The zero-order valence-electron chi connectivity index (χ0n) is 16.2. The third-order valence-electron chi connectivity index (χ3n) is 4.52. The summed E-state index contributed by atoms with van der Waals surface area (Å²) in [4.78, 5) is 24.6. The minimum atomic E-state index is -0.360. The van der Waals surface area contributed by atoms with Crippen LogP contribution in [0.2, 0.25) is 0 Å². The van der Waals surface area contributed by atoms with Crippen LogP contribution in [0.5, 0.6) is 5.75 Å². The van der Waals surface area contributed by atoms with Crippen molar-refractivity contribution in [3.63, 3.8) is 0 Å². The van der Waals surface area contributed by atoms with Crippen molar-refractivity contribution < 1.29 is 19.4 Å². The van der Waals surface area contributed by atoms with Crippen molar-refractivity contribution >= 4 is 17.4 Å². The lowest BCUT2D eigenvalue weighted by molar-refractivity contribution is 0.0526. The van der Waals surface area contributed by atoms with Gasteiger partial charge in [-0.1, -0.05) is 30.3 Å². The molecule has 0 saturated heterocycles. The van der Waals surface area contributed by atoms with Gasteiger partial charge in [-0.2, -0.15) is 0 Å². The second-order valence-electron chi connectivity index (χ2n) is 6.58. The largest absolute Gasteiger partial charge is 0.508 e. The smallest absolute Gasteiger partial charge is 0.338 e. The molecule has 5 heteroatoms. The van der Waals surface area contributed by atoms with Gasteiger partial charge in [-0.25, -0.2) is 4.79 Å². The summed E-state index contributed by atoms with van der Waals surface area (Å²) in [5.41, 5.74) is 2.80. The molecule has 3 rings (SSSR count). The molecular formula is C24H23NO4. The van der Waals surface area contributed by atoms with Gasteiger partial charge in [0.05, 0.1) is 18.2 Å². The van der Waals surface area contributed by atoms with E-state index in [1.807, 2.05) is 30.3 Å². The Balaban J connectivity index is 1.78. The summed E-state index contributed by atoms with van der Waals surface area (Å²) < 4.78 is 5.01. The normalized spacial score (nSPS) is 11.5. The minimum absolute atomic E-state index is 0.0329. The Bertz CT molecular complexity index is 950. The second-order valence-corrected chi connectivity index (χ2v) is 6.58. The highest BCUT2D eigenvalue weighted by Crippen LogP contribution is 2.25. The fourth-order valence-electron chi connectivity index (χ4n) is 3.01. The number of rotatable bonds is 8. The zero-order chi connectivity index (χ0) is 20.6. The first-order chi connectivity index (χ1) is 14.1. The van der Waals surface area contributed by atoms with Crippen molar-refractivity contribution in [2.45, 2.75) is 19.4 Å². The van der Waals surface area contributed by atoms with E-state index in [0.717, 1.165) is 11.3 Å². The van der Waals surface area contributed by atoms with Gasteiger partial charge in [-0.15, -0.1) is 0 Å². The number of phenolic OH excluding ortho intramolecular Hbond substituents is 1. The molecule has 148 valence electrons. The number of hydrogen-bond acceptors (Lipinski definition) is 5. The van der Waals surface area contributed by atoms with Gasteiger partial charge in [0.25, 0.3) is 0 Å². The van der Waals surface area contributed by atoms with Crippen molar-refractivity contribution in [2.24, 2.45) is 0 Å². The molecule has 2 N–H and O–H groups in total. The van der Waals surface area contributed by atoms with Crippen LogP contribution in [0.4, 0.5) is 5.69 Å². The van der Waals surface area contributed by atoms with Crippen LogP contribution < -0.4 is 5.32 Å². The molecule has 0 saturated carbocycles. The van der Waals surface area contributed by atoms with E-state index in [0.29, 0.717) is 17.7 Å². The molecule has 0 radical (unpaired) electrons. The summed E-state index contributed by atoms with van der Waals surface area (Å²) in [6.45, 7) is 2.09. The number of carbonyl (C=O) groups is 2. The number of nitrogens with one attached hydrogen (secondary N) is 1. The van der Waals surface area contributed by atoms with E-state index in [9.17, 15) is 14.7 Å². The Morgan fingerprint density at radius 2 is 1.52 bits per heavy atom. The molecule has 0 amide bonds. The highest BCUT2D eigenvalue weighted by atomic mass is 16.5. The first-order valence-corrected chi connectivity index (χ1v) is 9.47. The lowest BCUT2D eigenvalue weighted by Gasteiger charge is -2.20. The number of phenols is 1. The van der Waals surface area contributed by atoms with Crippen LogP contribution in [-0.2, 0) is 4.74 Å². The summed E-state index contributed by atoms with van der Waals surface area (Å²) in [6, 6.07) is 22.7. The molecule has 5 nitrogen and oxygen atoms in total. The van der Waals surface area contributed by atoms with Crippen LogP contribution in [-0.4, -0.2) is 23.5 Å². The standard InChI is InChI=1S/C24H23NO4/c1-2-29-24(28)19-8-12-20(13-9-19)25-22(17-6-4-3-5-7-17)16-23(27)18-10-14-21(26)15-11-18/h3-15,22,25-26H,2,16H2,1H3. The van der Waals surface area contributed by atoms with E-state index in [4.69, 9.17) is 4.74 Å². The number of ether oxygens (including phenoxy) is 1. The number of ketones is 1. The van der Waals surface area contributed by atoms with Crippen LogP contribution in [0.3, 0.4) is 0 Å². The molecule has 1 atom stereocenters. The molecule has 0 spiro atoms. The molecule has 0 aliphatic carbocycles. The topological polar surface area (TPSA) is 75.6 Å². The highest BCUT2D eigenvalue weighted by Gasteiger charge is 2.18. The third kappa shape index (κ3) is 5.45. The number of Topliss-reactive ketones (excluding diaryl/α,β-unsaturated/α-hetero) is 1. The van der Waals surface area contributed by atoms with Gasteiger partial charge in [-0.05, 0) is 61.0 Å². The molecular weight excluding hydrogens is 366 g/mol. The molecule has 0 aromatic heterocycles. The number of anilines is 1. The van der Waals surface area contributed by atoms with Crippen LogP contribution in [0.25, 0.3) is 0 Å². The lowest BCUT2D eigenvalue weighted by Crippen LogP contribution is -2.16. The third-order valence-corrected chi connectivity index (χ3v) is 4.52. The average Bonchev–Trinajstić information content (AvgIpc) is 2.75. The molecule has 0 aliphatic heterocycles. The fourth-order valence-corrected chi connectivity index (χ4v) is 3.01. The Morgan fingerprint density at radius 1 is 0.897 bits per heavy atom. The predicted molar refractivity (Wildman–Crippen MR) is 112 cm³/mol. The van der Waals surface area contributed by atoms with Crippen LogP contribution in [0, 0.1) is 0 Å². The maximum Gasteiger partial charge on any atom is 0.338 e. The van der Waals surface area contributed by atoms with Gasteiger partial charge < -0.3 is 15.2 Å².